The Morgan fingerprint density at radius 1 is 1.44 bits per heavy atom. The average molecular weight is 331 g/mol. The lowest BCUT2D eigenvalue weighted by Gasteiger charge is -2.09. The van der Waals surface area contributed by atoms with Crippen LogP contribution in [0.1, 0.15) is 13.3 Å². The maximum Gasteiger partial charge on any atom is 0.220 e. The van der Waals surface area contributed by atoms with Crippen molar-refractivity contribution >= 4 is 33.6 Å². The quantitative estimate of drug-likeness (QED) is 0.755. The van der Waals surface area contributed by atoms with Crippen LogP contribution in [-0.2, 0) is 4.79 Å². The molecule has 0 saturated carbocycles. The predicted molar refractivity (Wildman–Crippen MR) is 80.7 cm³/mol. The summed E-state index contributed by atoms with van der Waals surface area (Å²) in [6.07, 6.45) is 0.540. The highest BCUT2D eigenvalue weighted by molar-refractivity contribution is 9.10. The van der Waals surface area contributed by atoms with Gasteiger partial charge in [-0.05, 0) is 36.7 Å². The molecule has 0 saturated heterocycles. The molecular formula is C13H19BrN2OS. The fourth-order valence-electron chi connectivity index (χ4n) is 1.25. The van der Waals surface area contributed by atoms with Gasteiger partial charge in [0.25, 0.3) is 0 Å². The number of benzene rings is 1. The molecule has 18 heavy (non-hydrogen) atoms. The Bertz CT molecular complexity index is 370. The summed E-state index contributed by atoms with van der Waals surface area (Å²) in [6, 6.07) is 8.10. The first-order valence-corrected chi connectivity index (χ1v) is 7.75. The zero-order valence-electron chi connectivity index (χ0n) is 10.5. The van der Waals surface area contributed by atoms with Gasteiger partial charge < -0.3 is 11.1 Å². The summed E-state index contributed by atoms with van der Waals surface area (Å²) in [6.45, 7) is 3.29. The predicted octanol–water partition coefficient (Wildman–Crippen LogP) is 2.64. The van der Waals surface area contributed by atoms with Crippen LogP contribution in [0.25, 0.3) is 0 Å². The fraction of sp³-hybridized carbons (Fsp3) is 0.462. The van der Waals surface area contributed by atoms with Crippen LogP contribution >= 0.6 is 27.7 Å². The Kier molecular flexibility index (Phi) is 7.39. The number of halogens is 1. The number of amides is 1. The molecule has 1 amide bonds. The molecule has 3 nitrogen and oxygen atoms in total. The smallest absolute Gasteiger partial charge is 0.220 e. The van der Waals surface area contributed by atoms with Crippen molar-refractivity contribution in [2.45, 2.75) is 18.2 Å². The lowest BCUT2D eigenvalue weighted by molar-refractivity contribution is -0.120. The lowest BCUT2D eigenvalue weighted by atomic mass is 10.2. The van der Waals surface area contributed by atoms with E-state index < -0.39 is 0 Å². The normalized spacial score (nSPS) is 12.2. The number of carbonyl (C=O) groups is 1. The van der Waals surface area contributed by atoms with Gasteiger partial charge in [0.1, 0.15) is 0 Å². The minimum atomic E-state index is 0.0971. The van der Waals surface area contributed by atoms with Gasteiger partial charge in [0.2, 0.25) is 5.91 Å². The Labute approximate surface area is 121 Å². The molecule has 100 valence electrons. The highest BCUT2D eigenvalue weighted by Crippen LogP contribution is 2.20. The van der Waals surface area contributed by atoms with Gasteiger partial charge in [0.15, 0.2) is 0 Å². The summed E-state index contributed by atoms with van der Waals surface area (Å²) in [4.78, 5) is 12.7. The molecule has 1 rings (SSSR count). The van der Waals surface area contributed by atoms with Crippen LogP contribution in [-0.4, -0.2) is 24.7 Å². The van der Waals surface area contributed by atoms with E-state index in [9.17, 15) is 4.79 Å². The van der Waals surface area contributed by atoms with Crippen LogP contribution in [0.15, 0.2) is 33.6 Å². The molecule has 1 aromatic rings. The molecule has 0 aromatic heterocycles. The van der Waals surface area contributed by atoms with Gasteiger partial charge in [-0.3, -0.25) is 4.79 Å². The van der Waals surface area contributed by atoms with Gasteiger partial charge in [-0.1, -0.05) is 22.9 Å². The van der Waals surface area contributed by atoms with Crippen molar-refractivity contribution < 1.29 is 4.79 Å². The van der Waals surface area contributed by atoms with Gasteiger partial charge >= 0.3 is 0 Å². The van der Waals surface area contributed by atoms with Crippen LogP contribution < -0.4 is 11.1 Å². The van der Waals surface area contributed by atoms with Crippen molar-refractivity contribution in [3.05, 3.63) is 28.7 Å². The number of carbonyl (C=O) groups excluding carboxylic acids is 1. The summed E-state index contributed by atoms with van der Waals surface area (Å²) in [5.74, 6) is 1.23. The number of nitrogens with two attached hydrogens (primary N) is 1. The van der Waals surface area contributed by atoms with Crippen LogP contribution in [0.3, 0.4) is 0 Å². The molecule has 0 heterocycles. The first-order valence-electron chi connectivity index (χ1n) is 5.97. The van der Waals surface area contributed by atoms with Crippen molar-refractivity contribution in [3.63, 3.8) is 0 Å². The van der Waals surface area contributed by atoms with Crippen LogP contribution in [0, 0.1) is 5.92 Å². The summed E-state index contributed by atoms with van der Waals surface area (Å²) >= 11 is 5.09. The Hall–Kier alpha value is -0.520. The van der Waals surface area contributed by atoms with E-state index in [4.69, 9.17) is 5.73 Å². The van der Waals surface area contributed by atoms with Crippen molar-refractivity contribution in [2.24, 2.45) is 11.7 Å². The highest BCUT2D eigenvalue weighted by atomic mass is 79.9. The minimum absolute atomic E-state index is 0.0971. The molecule has 0 aliphatic carbocycles. The van der Waals surface area contributed by atoms with E-state index in [1.807, 2.05) is 31.2 Å². The third kappa shape index (κ3) is 6.42. The standard InChI is InChI=1S/C13H19BrN2OS/c1-10(8-15)9-16-13(17)6-7-18-12-4-2-11(14)3-5-12/h2-5,10H,6-9,15H2,1H3,(H,16,17). The van der Waals surface area contributed by atoms with E-state index in [1.54, 1.807) is 11.8 Å². The molecule has 1 unspecified atom stereocenters. The van der Waals surface area contributed by atoms with Crippen molar-refractivity contribution in [2.75, 3.05) is 18.8 Å². The molecule has 0 aliphatic rings. The second kappa shape index (κ2) is 8.56. The van der Waals surface area contributed by atoms with Gasteiger partial charge in [0.05, 0.1) is 0 Å². The first-order chi connectivity index (χ1) is 8.61. The number of thioether (sulfide) groups is 1. The summed E-state index contributed by atoms with van der Waals surface area (Å²) in [7, 11) is 0. The number of rotatable bonds is 7. The molecular weight excluding hydrogens is 312 g/mol. The van der Waals surface area contributed by atoms with Crippen LogP contribution in [0.5, 0.6) is 0 Å². The van der Waals surface area contributed by atoms with E-state index in [-0.39, 0.29) is 5.91 Å². The topological polar surface area (TPSA) is 55.1 Å². The molecule has 0 spiro atoms. The van der Waals surface area contributed by atoms with E-state index in [2.05, 4.69) is 21.2 Å². The van der Waals surface area contributed by atoms with E-state index >= 15 is 0 Å². The number of nitrogens with one attached hydrogen (secondary N) is 1. The Morgan fingerprint density at radius 2 is 2.11 bits per heavy atom. The second-order valence-electron chi connectivity index (χ2n) is 4.20. The Morgan fingerprint density at radius 3 is 2.72 bits per heavy atom. The van der Waals surface area contributed by atoms with Crippen LogP contribution in [0.4, 0.5) is 0 Å². The van der Waals surface area contributed by atoms with Gasteiger partial charge in [-0.2, -0.15) is 0 Å². The summed E-state index contributed by atoms with van der Waals surface area (Å²) in [5.41, 5.74) is 5.49. The average Bonchev–Trinajstić information content (AvgIpc) is 2.38. The Balaban J connectivity index is 2.17. The third-order valence-corrected chi connectivity index (χ3v) is 4.00. The summed E-state index contributed by atoms with van der Waals surface area (Å²) < 4.78 is 1.07. The van der Waals surface area contributed by atoms with Crippen molar-refractivity contribution in [1.29, 1.82) is 0 Å². The molecule has 0 aliphatic heterocycles. The van der Waals surface area contributed by atoms with E-state index in [1.165, 1.54) is 4.90 Å². The van der Waals surface area contributed by atoms with Gasteiger partial charge in [-0.25, -0.2) is 0 Å². The SMILES string of the molecule is CC(CN)CNC(=O)CCSc1ccc(Br)cc1. The maximum atomic E-state index is 11.5. The van der Waals surface area contributed by atoms with E-state index in [0.717, 1.165) is 10.2 Å². The monoisotopic (exact) mass is 330 g/mol. The molecule has 5 heteroatoms. The van der Waals surface area contributed by atoms with Gasteiger partial charge in [0, 0.05) is 28.1 Å². The zero-order chi connectivity index (χ0) is 13.4. The van der Waals surface area contributed by atoms with Crippen molar-refractivity contribution in [3.8, 4) is 0 Å². The first kappa shape index (κ1) is 15.5. The molecule has 0 radical (unpaired) electrons. The second-order valence-corrected chi connectivity index (χ2v) is 6.28. The fourth-order valence-corrected chi connectivity index (χ4v) is 2.37. The van der Waals surface area contributed by atoms with Crippen LogP contribution in [0.2, 0.25) is 0 Å². The van der Waals surface area contributed by atoms with Crippen molar-refractivity contribution in [1.82, 2.24) is 5.32 Å². The zero-order valence-corrected chi connectivity index (χ0v) is 12.9. The van der Waals surface area contributed by atoms with Gasteiger partial charge in [-0.15, -0.1) is 11.8 Å². The number of hydrogen-bond donors (Lipinski definition) is 2. The molecule has 0 fully saturated rings. The number of hydrogen-bond acceptors (Lipinski definition) is 3. The molecule has 3 N–H and O–H groups in total. The minimum Gasteiger partial charge on any atom is -0.356 e. The summed E-state index contributed by atoms with van der Waals surface area (Å²) in [5, 5.41) is 2.89. The largest absolute Gasteiger partial charge is 0.356 e. The third-order valence-electron chi connectivity index (χ3n) is 2.46. The molecule has 1 atom stereocenters. The van der Waals surface area contributed by atoms with E-state index in [0.29, 0.717) is 25.4 Å². The molecule has 1 aromatic carbocycles. The highest BCUT2D eigenvalue weighted by Gasteiger charge is 2.04. The molecule has 0 bridgehead atoms. The lowest BCUT2D eigenvalue weighted by Crippen LogP contribution is -2.31. The maximum absolute atomic E-state index is 11.5.